The average molecular weight is 418 g/mol. The van der Waals surface area contributed by atoms with Gasteiger partial charge in [-0.1, -0.05) is 6.07 Å². The van der Waals surface area contributed by atoms with E-state index in [-0.39, 0.29) is 0 Å². The largest absolute Gasteiger partial charge is 0.493 e. The van der Waals surface area contributed by atoms with Crippen LogP contribution in [0.15, 0.2) is 49.1 Å². The molecule has 7 nitrogen and oxygen atoms in total. The highest BCUT2D eigenvalue weighted by Crippen LogP contribution is 2.28. The summed E-state index contributed by atoms with van der Waals surface area (Å²) in [6.45, 7) is 5.53. The molecule has 0 unspecified atom stereocenters. The van der Waals surface area contributed by atoms with Crippen LogP contribution in [0.3, 0.4) is 0 Å². The molecule has 0 fully saturated rings. The second-order valence-electron chi connectivity index (χ2n) is 7.58. The van der Waals surface area contributed by atoms with Gasteiger partial charge in [0.15, 0.2) is 11.5 Å². The highest BCUT2D eigenvalue weighted by Gasteiger charge is 2.15. The van der Waals surface area contributed by atoms with Gasteiger partial charge in [0, 0.05) is 24.6 Å². The molecular weight excluding hydrogens is 390 g/mol. The van der Waals surface area contributed by atoms with Crippen LogP contribution in [-0.2, 0) is 19.5 Å². The minimum absolute atomic E-state index is 0.479. The molecule has 1 aromatic carbocycles. The predicted molar refractivity (Wildman–Crippen MR) is 120 cm³/mol. The van der Waals surface area contributed by atoms with Crippen LogP contribution >= 0.6 is 0 Å². The first kappa shape index (κ1) is 20.7. The van der Waals surface area contributed by atoms with E-state index >= 15 is 0 Å². The summed E-state index contributed by atoms with van der Waals surface area (Å²) in [5.41, 5.74) is 5.82. The molecule has 0 radical (unpaired) electrons. The molecule has 0 spiro atoms. The van der Waals surface area contributed by atoms with Gasteiger partial charge in [0.05, 0.1) is 32.5 Å². The SMILES string of the molecule is COc1ccc(CCn2c(C)c(C)c3c(=N)n(Cc4ccncc4)cnc32)cc1OC. The standard InChI is InChI=1S/C24H27N5O2/c1-16-17(2)29(12-9-18-5-6-20(30-3)21(13-18)31-4)24-22(16)23(25)28(15-27-24)14-19-7-10-26-11-8-19/h5-8,10-11,13,15,25H,9,12,14H2,1-4H3. The third-order valence-electron chi connectivity index (χ3n) is 5.82. The maximum atomic E-state index is 8.80. The van der Waals surface area contributed by atoms with E-state index in [1.165, 1.54) is 0 Å². The zero-order chi connectivity index (χ0) is 22.0. The number of hydrogen-bond acceptors (Lipinski definition) is 5. The molecule has 4 rings (SSSR count). The first-order chi connectivity index (χ1) is 15.0. The molecule has 3 heterocycles. The van der Waals surface area contributed by atoms with Crippen molar-refractivity contribution in [3.8, 4) is 11.5 Å². The lowest BCUT2D eigenvalue weighted by atomic mass is 10.1. The number of methoxy groups -OCH3 is 2. The van der Waals surface area contributed by atoms with Gasteiger partial charge in [-0.2, -0.15) is 0 Å². The number of aryl methyl sites for hydroxylation is 3. The van der Waals surface area contributed by atoms with Crippen molar-refractivity contribution in [1.82, 2.24) is 19.1 Å². The first-order valence-electron chi connectivity index (χ1n) is 10.2. The third kappa shape index (κ3) is 3.91. The Labute approximate surface area is 181 Å². The molecule has 1 N–H and O–H groups in total. The summed E-state index contributed by atoms with van der Waals surface area (Å²) in [6, 6.07) is 9.92. The molecule has 4 aromatic rings. The summed E-state index contributed by atoms with van der Waals surface area (Å²) in [4.78, 5) is 8.80. The van der Waals surface area contributed by atoms with Crippen molar-refractivity contribution in [2.24, 2.45) is 0 Å². The summed E-state index contributed by atoms with van der Waals surface area (Å²) in [6.07, 6.45) is 6.12. The van der Waals surface area contributed by atoms with E-state index in [4.69, 9.17) is 19.9 Å². The van der Waals surface area contributed by atoms with Crippen molar-refractivity contribution in [2.75, 3.05) is 14.2 Å². The average Bonchev–Trinajstić information content (AvgIpc) is 3.04. The van der Waals surface area contributed by atoms with Gasteiger partial charge in [0.25, 0.3) is 0 Å². The Kier molecular flexibility index (Phi) is 5.75. The Bertz CT molecular complexity index is 1270. The maximum absolute atomic E-state index is 8.80. The van der Waals surface area contributed by atoms with Crippen molar-refractivity contribution >= 4 is 11.0 Å². The Morgan fingerprint density at radius 3 is 2.42 bits per heavy atom. The molecule has 0 aliphatic rings. The van der Waals surface area contributed by atoms with Gasteiger partial charge in [-0.05, 0) is 61.2 Å². The fraction of sp³-hybridized carbons (Fsp3) is 0.292. The van der Waals surface area contributed by atoms with E-state index in [1.54, 1.807) is 32.9 Å². The number of hydrogen-bond donors (Lipinski definition) is 1. The monoisotopic (exact) mass is 417 g/mol. The van der Waals surface area contributed by atoms with Crippen LogP contribution < -0.4 is 15.0 Å². The Morgan fingerprint density at radius 2 is 1.71 bits per heavy atom. The van der Waals surface area contributed by atoms with Crippen LogP contribution in [0, 0.1) is 19.3 Å². The van der Waals surface area contributed by atoms with E-state index < -0.39 is 0 Å². The fourth-order valence-electron chi connectivity index (χ4n) is 3.94. The van der Waals surface area contributed by atoms with Gasteiger partial charge >= 0.3 is 0 Å². The topological polar surface area (TPSA) is 78.0 Å². The lowest BCUT2D eigenvalue weighted by Gasteiger charge is -2.12. The number of rotatable bonds is 7. The van der Waals surface area contributed by atoms with E-state index in [0.717, 1.165) is 57.9 Å². The molecule has 0 atom stereocenters. The molecule has 160 valence electrons. The summed E-state index contributed by atoms with van der Waals surface area (Å²) in [7, 11) is 3.29. The summed E-state index contributed by atoms with van der Waals surface area (Å²) < 4.78 is 14.8. The van der Waals surface area contributed by atoms with Gasteiger partial charge in [-0.3, -0.25) is 10.4 Å². The second kappa shape index (κ2) is 8.63. The number of benzene rings is 1. The molecular formula is C24H27N5O2. The van der Waals surface area contributed by atoms with Gasteiger partial charge < -0.3 is 18.6 Å². The van der Waals surface area contributed by atoms with Crippen LogP contribution in [0.2, 0.25) is 0 Å². The normalized spacial score (nSPS) is 11.1. The number of nitrogens with zero attached hydrogens (tertiary/aromatic N) is 4. The number of pyridine rings is 1. The van der Waals surface area contributed by atoms with Crippen LogP contribution in [0.5, 0.6) is 11.5 Å². The molecule has 0 amide bonds. The van der Waals surface area contributed by atoms with Crippen molar-refractivity contribution in [3.63, 3.8) is 0 Å². The Morgan fingerprint density at radius 1 is 0.968 bits per heavy atom. The highest BCUT2D eigenvalue weighted by atomic mass is 16.5. The van der Waals surface area contributed by atoms with Crippen molar-refractivity contribution in [3.05, 3.63) is 76.9 Å². The van der Waals surface area contributed by atoms with Crippen LogP contribution in [0.1, 0.15) is 22.4 Å². The quantitative estimate of drug-likeness (QED) is 0.498. The molecule has 7 heteroatoms. The van der Waals surface area contributed by atoms with E-state index in [1.807, 2.05) is 28.8 Å². The third-order valence-corrected chi connectivity index (χ3v) is 5.82. The van der Waals surface area contributed by atoms with Crippen molar-refractivity contribution < 1.29 is 9.47 Å². The molecule has 0 saturated carbocycles. The Balaban J connectivity index is 1.65. The van der Waals surface area contributed by atoms with Crippen molar-refractivity contribution in [2.45, 2.75) is 33.4 Å². The number of fused-ring (bicyclic) bond motifs is 1. The van der Waals surface area contributed by atoms with Crippen LogP contribution in [-0.4, -0.2) is 33.3 Å². The minimum atomic E-state index is 0.479. The molecule has 31 heavy (non-hydrogen) atoms. The van der Waals surface area contributed by atoms with Crippen LogP contribution in [0.4, 0.5) is 0 Å². The second-order valence-corrected chi connectivity index (χ2v) is 7.58. The van der Waals surface area contributed by atoms with E-state index in [0.29, 0.717) is 12.0 Å². The van der Waals surface area contributed by atoms with E-state index in [9.17, 15) is 0 Å². The molecule has 0 aliphatic heterocycles. The lowest BCUT2D eigenvalue weighted by molar-refractivity contribution is 0.354. The minimum Gasteiger partial charge on any atom is -0.493 e. The van der Waals surface area contributed by atoms with Gasteiger partial charge in [0.2, 0.25) is 0 Å². The fourth-order valence-corrected chi connectivity index (χ4v) is 3.94. The zero-order valence-corrected chi connectivity index (χ0v) is 18.3. The maximum Gasteiger partial charge on any atom is 0.160 e. The van der Waals surface area contributed by atoms with Gasteiger partial charge in [0.1, 0.15) is 11.1 Å². The van der Waals surface area contributed by atoms with Crippen LogP contribution in [0.25, 0.3) is 11.0 Å². The highest BCUT2D eigenvalue weighted by molar-refractivity contribution is 5.80. The number of aromatic nitrogens is 4. The summed E-state index contributed by atoms with van der Waals surface area (Å²) in [5.74, 6) is 1.46. The van der Waals surface area contributed by atoms with Gasteiger partial charge in [-0.25, -0.2) is 4.98 Å². The predicted octanol–water partition coefficient (Wildman–Crippen LogP) is 3.64. The summed E-state index contributed by atoms with van der Waals surface area (Å²) >= 11 is 0. The Hall–Kier alpha value is -3.61. The number of ether oxygens (including phenoxy) is 2. The molecule has 0 saturated heterocycles. The van der Waals surface area contributed by atoms with Gasteiger partial charge in [-0.15, -0.1) is 0 Å². The smallest absolute Gasteiger partial charge is 0.160 e. The molecule has 0 bridgehead atoms. The molecule has 0 aliphatic carbocycles. The summed E-state index contributed by atoms with van der Waals surface area (Å²) in [5, 5.41) is 9.70. The van der Waals surface area contributed by atoms with E-state index in [2.05, 4.69) is 29.5 Å². The first-order valence-corrected chi connectivity index (χ1v) is 10.2. The number of nitrogens with one attached hydrogen (secondary N) is 1. The zero-order valence-electron chi connectivity index (χ0n) is 18.3. The molecule has 3 aromatic heterocycles. The van der Waals surface area contributed by atoms with Crippen molar-refractivity contribution in [1.29, 1.82) is 5.41 Å². The lowest BCUT2D eigenvalue weighted by Crippen LogP contribution is -2.22.